The normalized spacial score (nSPS) is 14.3. The molecule has 1 unspecified atom stereocenters. The molecule has 0 amide bonds. The second-order valence-corrected chi connectivity index (χ2v) is 16.3. The summed E-state index contributed by atoms with van der Waals surface area (Å²) in [7, 11) is -4.73. The molecule has 3 atom stereocenters. The van der Waals surface area contributed by atoms with Crippen LogP contribution in [0, 0.1) is 0 Å². The number of aliphatic carboxylic acids is 1. The third-order valence-electron chi connectivity index (χ3n) is 9.24. The van der Waals surface area contributed by atoms with Gasteiger partial charge in [0, 0.05) is 12.8 Å². The standard InChI is InChI=1S/C46H80NO10P/c1-3-5-7-9-11-13-15-17-19-21-23-25-27-29-31-33-35-37-44(48)54-39-42(40-55-58(52,53)56-41-43(47)46(50)51)57-45(49)38-36-34-32-30-28-26-24-22-20-18-16-14-12-10-8-6-4-2/h11,13,17-20,24,26,30,32,42-43H,3-10,12,14-16,21-23,25,27-29,31,33-41,47H2,1-2H3,(H,50,51)(H,52,53)/b13-11+,19-17+,20-18+,26-24+,32-30+/t42-,43+/m1/s1. The minimum Gasteiger partial charge on any atom is -0.480 e. The molecule has 0 bridgehead atoms. The summed E-state index contributed by atoms with van der Waals surface area (Å²) in [5.74, 6) is -2.46. The molecule has 0 heterocycles. The van der Waals surface area contributed by atoms with Gasteiger partial charge >= 0.3 is 25.7 Å². The van der Waals surface area contributed by atoms with Gasteiger partial charge in [-0.1, -0.05) is 152 Å². The van der Waals surface area contributed by atoms with Crippen LogP contribution in [0.5, 0.6) is 0 Å². The van der Waals surface area contributed by atoms with E-state index in [0.29, 0.717) is 19.3 Å². The average Bonchev–Trinajstić information content (AvgIpc) is 3.20. The molecule has 4 N–H and O–H groups in total. The highest BCUT2D eigenvalue weighted by atomic mass is 31.2. The molecular weight excluding hydrogens is 757 g/mol. The summed E-state index contributed by atoms with van der Waals surface area (Å²) in [4.78, 5) is 46.0. The van der Waals surface area contributed by atoms with Gasteiger partial charge in [-0.25, -0.2) is 4.57 Å². The van der Waals surface area contributed by atoms with Crippen molar-refractivity contribution in [3.05, 3.63) is 60.8 Å². The maximum absolute atomic E-state index is 12.6. The highest BCUT2D eigenvalue weighted by molar-refractivity contribution is 7.47. The second kappa shape index (κ2) is 40.9. The molecule has 0 saturated carbocycles. The summed E-state index contributed by atoms with van der Waals surface area (Å²) < 4.78 is 32.6. The Labute approximate surface area is 351 Å². The minimum atomic E-state index is -4.73. The van der Waals surface area contributed by atoms with Crippen molar-refractivity contribution in [2.45, 2.75) is 193 Å². The molecule has 0 aliphatic carbocycles. The zero-order chi connectivity index (χ0) is 42.8. The molecule has 0 radical (unpaired) electrons. The van der Waals surface area contributed by atoms with E-state index in [4.69, 9.17) is 24.8 Å². The first kappa shape index (κ1) is 55.2. The monoisotopic (exact) mass is 838 g/mol. The molecule has 58 heavy (non-hydrogen) atoms. The zero-order valence-corrected chi connectivity index (χ0v) is 37.0. The maximum atomic E-state index is 12.6. The number of nitrogens with two attached hydrogens (primary N) is 1. The molecule has 0 aromatic rings. The molecule has 0 aromatic carbocycles. The van der Waals surface area contributed by atoms with Gasteiger partial charge in [0.1, 0.15) is 12.6 Å². The smallest absolute Gasteiger partial charge is 0.472 e. The number of phosphoric acid groups is 1. The highest BCUT2D eigenvalue weighted by Crippen LogP contribution is 2.43. The van der Waals surface area contributed by atoms with Gasteiger partial charge in [0.2, 0.25) is 0 Å². The lowest BCUT2D eigenvalue weighted by Gasteiger charge is -2.20. The number of carboxylic acids is 1. The number of unbranched alkanes of at least 4 members (excludes halogenated alkanes) is 17. The predicted molar refractivity (Wildman–Crippen MR) is 235 cm³/mol. The Kier molecular flexibility index (Phi) is 38.9. The molecule has 12 heteroatoms. The first-order valence-electron chi connectivity index (χ1n) is 22.3. The number of hydrogen-bond donors (Lipinski definition) is 3. The summed E-state index contributed by atoms with van der Waals surface area (Å²) >= 11 is 0. The topological polar surface area (TPSA) is 172 Å². The molecule has 0 fully saturated rings. The average molecular weight is 838 g/mol. The number of esters is 2. The SMILES string of the molecule is CCCCC/C=C/C/C=C/CCCCCCCCCC(=O)OC[C@H](COP(=O)(O)OC[C@H](N)C(=O)O)OC(=O)CCC/C=C/C/C=C/C/C=C/CCCCCCCC. The van der Waals surface area contributed by atoms with E-state index in [9.17, 15) is 23.8 Å². The minimum absolute atomic E-state index is 0.0856. The van der Waals surface area contributed by atoms with Crippen molar-refractivity contribution in [3.8, 4) is 0 Å². The van der Waals surface area contributed by atoms with E-state index in [1.807, 2.05) is 12.2 Å². The summed E-state index contributed by atoms with van der Waals surface area (Å²) in [5, 5.41) is 8.89. The number of hydrogen-bond acceptors (Lipinski definition) is 9. The van der Waals surface area contributed by atoms with Crippen molar-refractivity contribution in [2.75, 3.05) is 19.8 Å². The van der Waals surface area contributed by atoms with Crippen molar-refractivity contribution < 1.29 is 47.5 Å². The number of carbonyl (C=O) groups is 3. The van der Waals surface area contributed by atoms with E-state index in [1.54, 1.807) is 0 Å². The summed E-state index contributed by atoms with van der Waals surface area (Å²) in [6.45, 7) is 2.71. The van der Waals surface area contributed by atoms with Crippen LogP contribution in [-0.2, 0) is 37.5 Å². The third kappa shape index (κ3) is 40.0. The van der Waals surface area contributed by atoms with E-state index in [2.05, 4.69) is 67.0 Å². The second-order valence-electron chi connectivity index (χ2n) is 14.8. The molecule has 11 nitrogen and oxygen atoms in total. The van der Waals surface area contributed by atoms with Crippen LogP contribution in [-0.4, -0.2) is 59.9 Å². The van der Waals surface area contributed by atoms with Gasteiger partial charge in [-0.15, -0.1) is 0 Å². The molecule has 0 spiro atoms. The first-order valence-corrected chi connectivity index (χ1v) is 23.8. The Balaban J connectivity index is 4.45. The first-order chi connectivity index (χ1) is 28.1. The Bertz CT molecular complexity index is 1210. The van der Waals surface area contributed by atoms with Gasteiger partial charge in [-0.3, -0.25) is 23.4 Å². The van der Waals surface area contributed by atoms with E-state index in [0.717, 1.165) is 57.8 Å². The van der Waals surface area contributed by atoms with Crippen LogP contribution in [0.4, 0.5) is 0 Å². The Morgan fingerprint density at radius 1 is 0.534 bits per heavy atom. The van der Waals surface area contributed by atoms with E-state index in [1.165, 1.54) is 77.0 Å². The Morgan fingerprint density at radius 2 is 0.931 bits per heavy atom. The fourth-order valence-electron chi connectivity index (χ4n) is 5.70. The summed E-state index contributed by atoms with van der Waals surface area (Å²) in [5.41, 5.74) is 5.33. The molecule has 0 aliphatic heterocycles. The zero-order valence-electron chi connectivity index (χ0n) is 36.1. The van der Waals surface area contributed by atoms with E-state index < -0.39 is 51.1 Å². The molecule has 0 saturated heterocycles. The van der Waals surface area contributed by atoms with Crippen molar-refractivity contribution in [1.82, 2.24) is 0 Å². The van der Waals surface area contributed by atoms with Gasteiger partial charge in [0.15, 0.2) is 6.10 Å². The number of rotatable bonds is 41. The van der Waals surface area contributed by atoms with Crippen LogP contribution < -0.4 is 5.73 Å². The number of allylic oxidation sites excluding steroid dienone is 10. The highest BCUT2D eigenvalue weighted by Gasteiger charge is 2.28. The number of carbonyl (C=O) groups excluding carboxylic acids is 2. The molecule has 0 rings (SSSR count). The lowest BCUT2D eigenvalue weighted by molar-refractivity contribution is -0.161. The number of phosphoric ester groups is 1. The van der Waals surface area contributed by atoms with Crippen molar-refractivity contribution in [3.63, 3.8) is 0 Å². The van der Waals surface area contributed by atoms with Crippen LogP contribution in [0.1, 0.15) is 181 Å². The van der Waals surface area contributed by atoms with Crippen LogP contribution in [0.25, 0.3) is 0 Å². The van der Waals surface area contributed by atoms with Gasteiger partial charge in [-0.05, 0) is 77.0 Å². The van der Waals surface area contributed by atoms with E-state index >= 15 is 0 Å². The molecular formula is C46H80NO10P. The van der Waals surface area contributed by atoms with Crippen LogP contribution in [0.3, 0.4) is 0 Å². The number of carboxylic acid groups (broad SMARTS) is 1. The fourth-order valence-corrected chi connectivity index (χ4v) is 6.48. The quantitative estimate of drug-likeness (QED) is 0.0231. The predicted octanol–water partition coefficient (Wildman–Crippen LogP) is 12.0. The van der Waals surface area contributed by atoms with Crippen molar-refractivity contribution in [2.24, 2.45) is 5.73 Å². The van der Waals surface area contributed by atoms with Crippen LogP contribution >= 0.6 is 7.82 Å². The molecule has 0 aromatic heterocycles. The summed E-state index contributed by atoms with van der Waals surface area (Å²) in [6, 6.07) is -1.53. The number of ether oxygens (including phenoxy) is 2. The molecule has 0 aliphatic rings. The lowest BCUT2D eigenvalue weighted by Crippen LogP contribution is -2.34. The largest absolute Gasteiger partial charge is 0.480 e. The van der Waals surface area contributed by atoms with Gasteiger partial charge < -0.3 is 25.2 Å². The van der Waals surface area contributed by atoms with Crippen LogP contribution in [0.2, 0.25) is 0 Å². The Hall–Kier alpha value is -2.82. The van der Waals surface area contributed by atoms with Crippen LogP contribution in [0.15, 0.2) is 60.8 Å². The molecule has 334 valence electrons. The van der Waals surface area contributed by atoms with Crippen molar-refractivity contribution in [1.29, 1.82) is 0 Å². The summed E-state index contributed by atoms with van der Waals surface area (Å²) in [6.07, 6.45) is 47.2. The maximum Gasteiger partial charge on any atom is 0.472 e. The fraction of sp³-hybridized carbons (Fsp3) is 0.717. The van der Waals surface area contributed by atoms with Gasteiger partial charge in [0.25, 0.3) is 0 Å². The van der Waals surface area contributed by atoms with Gasteiger partial charge in [-0.2, -0.15) is 0 Å². The van der Waals surface area contributed by atoms with Crippen molar-refractivity contribution >= 4 is 25.7 Å². The Morgan fingerprint density at radius 3 is 1.45 bits per heavy atom. The lowest BCUT2D eigenvalue weighted by atomic mass is 10.1. The van der Waals surface area contributed by atoms with E-state index in [-0.39, 0.29) is 19.4 Å². The third-order valence-corrected chi connectivity index (χ3v) is 10.2. The van der Waals surface area contributed by atoms with Gasteiger partial charge in [0.05, 0.1) is 13.2 Å².